The number of likely N-dealkylation sites (N-methyl/N-ethyl adjacent to an activating group) is 1. The maximum absolute atomic E-state index is 11.9. The molecule has 1 aromatic rings. The van der Waals surface area contributed by atoms with Crippen LogP contribution in [0.1, 0.15) is 17.5 Å². The smallest absolute Gasteiger partial charge is 0.263 e. The summed E-state index contributed by atoms with van der Waals surface area (Å²) in [5.41, 5.74) is 7.75. The van der Waals surface area contributed by atoms with Crippen molar-refractivity contribution >= 4 is 5.91 Å². The first kappa shape index (κ1) is 12.9. The Balaban J connectivity index is 2.20. The summed E-state index contributed by atoms with van der Waals surface area (Å²) in [7, 11) is 1.81. The molecule has 4 heteroatoms. The number of likely N-dealkylation sites (tertiary alicyclic amines) is 1. The lowest BCUT2D eigenvalue weighted by molar-refractivity contribution is -0.132. The van der Waals surface area contributed by atoms with Gasteiger partial charge in [0.25, 0.3) is 5.91 Å². The molecule has 0 spiro atoms. The van der Waals surface area contributed by atoms with Crippen LogP contribution < -0.4 is 10.5 Å². The molecule has 1 aliphatic rings. The third-order valence-corrected chi connectivity index (χ3v) is 3.35. The molecule has 1 unspecified atom stereocenters. The highest BCUT2D eigenvalue weighted by Crippen LogP contribution is 2.27. The van der Waals surface area contributed by atoms with E-state index in [-0.39, 0.29) is 12.0 Å². The maximum atomic E-state index is 11.9. The summed E-state index contributed by atoms with van der Waals surface area (Å²) < 4.78 is 5.93. The van der Waals surface area contributed by atoms with Gasteiger partial charge in [0.2, 0.25) is 0 Å². The van der Waals surface area contributed by atoms with Crippen molar-refractivity contribution in [2.24, 2.45) is 5.73 Å². The molecule has 4 nitrogen and oxygen atoms in total. The van der Waals surface area contributed by atoms with Crippen molar-refractivity contribution < 1.29 is 9.53 Å². The van der Waals surface area contributed by atoms with Gasteiger partial charge in [-0.3, -0.25) is 4.79 Å². The number of rotatable bonds is 4. The fourth-order valence-corrected chi connectivity index (χ4v) is 2.28. The number of hydrogen-bond acceptors (Lipinski definition) is 3. The van der Waals surface area contributed by atoms with Crippen LogP contribution in [-0.4, -0.2) is 37.0 Å². The third kappa shape index (κ3) is 2.48. The molecule has 0 saturated carbocycles. The van der Waals surface area contributed by atoms with Crippen molar-refractivity contribution in [3.63, 3.8) is 0 Å². The van der Waals surface area contributed by atoms with Gasteiger partial charge in [0.1, 0.15) is 5.75 Å². The van der Waals surface area contributed by atoms with Crippen LogP contribution in [-0.2, 0) is 11.2 Å². The maximum Gasteiger partial charge on any atom is 0.263 e. The summed E-state index contributed by atoms with van der Waals surface area (Å²) in [5.74, 6) is 0.897. The van der Waals surface area contributed by atoms with Gasteiger partial charge < -0.3 is 15.4 Å². The van der Waals surface area contributed by atoms with Gasteiger partial charge in [-0.25, -0.2) is 0 Å². The first-order valence-electron chi connectivity index (χ1n) is 6.33. The van der Waals surface area contributed by atoms with E-state index in [9.17, 15) is 4.79 Å². The number of hydrogen-bond donors (Lipinski definition) is 1. The molecule has 2 N–H and O–H groups in total. The van der Waals surface area contributed by atoms with Crippen LogP contribution in [0.4, 0.5) is 0 Å². The molecule has 1 heterocycles. The van der Waals surface area contributed by atoms with Gasteiger partial charge in [0.15, 0.2) is 6.10 Å². The Labute approximate surface area is 108 Å². The van der Waals surface area contributed by atoms with Gasteiger partial charge in [0, 0.05) is 20.0 Å². The summed E-state index contributed by atoms with van der Waals surface area (Å²) in [6, 6.07) is 6.01. The van der Waals surface area contributed by atoms with E-state index in [1.54, 1.807) is 4.90 Å². The largest absolute Gasteiger partial charge is 0.480 e. The number of ether oxygens (including phenoxy) is 1. The molecule has 1 atom stereocenters. The minimum Gasteiger partial charge on any atom is -0.480 e. The van der Waals surface area contributed by atoms with Crippen LogP contribution in [0.15, 0.2) is 18.2 Å². The monoisotopic (exact) mass is 248 g/mol. The Morgan fingerprint density at radius 2 is 2.28 bits per heavy atom. The molecule has 18 heavy (non-hydrogen) atoms. The lowest BCUT2D eigenvalue weighted by Crippen LogP contribution is -2.30. The second-order valence-corrected chi connectivity index (χ2v) is 4.76. The van der Waals surface area contributed by atoms with Gasteiger partial charge in [0.05, 0.1) is 0 Å². The fourth-order valence-electron chi connectivity index (χ4n) is 2.28. The molecule has 0 bridgehead atoms. The van der Waals surface area contributed by atoms with Gasteiger partial charge in [-0.2, -0.15) is 0 Å². The molecule has 2 rings (SSSR count). The van der Waals surface area contributed by atoms with E-state index in [2.05, 4.69) is 0 Å². The zero-order valence-corrected chi connectivity index (χ0v) is 11.0. The van der Waals surface area contributed by atoms with Crippen molar-refractivity contribution in [2.45, 2.75) is 25.9 Å². The number of amides is 1. The number of benzene rings is 1. The van der Waals surface area contributed by atoms with Crippen LogP contribution in [0, 0.1) is 6.92 Å². The van der Waals surface area contributed by atoms with E-state index >= 15 is 0 Å². The Bertz CT molecular complexity index is 445. The van der Waals surface area contributed by atoms with Gasteiger partial charge in [-0.15, -0.1) is 0 Å². The highest BCUT2D eigenvalue weighted by atomic mass is 16.5. The summed E-state index contributed by atoms with van der Waals surface area (Å²) in [6.07, 6.45) is 1.19. The molecule has 0 aromatic heterocycles. The van der Waals surface area contributed by atoms with E-state index in [0.29, 0.717) is 6.54 Å². The van der Waals surface area contributed by atoms with Crippen molar-refractivity contribution in [3.05, 3.63) is 29.3 Å². The molecular formula is C14H20N2O2. The van der Waals surface area contributed by atoms with Gasteiger partial charge in [-0.05, 0) is 31.0 Å². The summed E-state index contributed by atoms with van der Waals surface area (Å²) in [6.45, 7) is 3.35. The Morgan fingerprint density at radius 1 is 1.50 bits per heavy atom. The average molecular weight is 248 g/mol. The zero-order chi connectivity index (χ0) is 13.1. The molecular weight excluding hydrogens is 228 g/mol. The Kier molecular flexibility index (Phi) is 3.87. The second-order valence-electron chi connectivity index (χ2n) is 4.76. The quantitative estimate of drug-likeness (QED) is 0.868. The minimum absolute atomic E-state index is 0.0666. The first-order chi connectivity index (χ1) is 8.63. The topological polar surface area (TPSA) is 55.6 Å². The third-order valence-electron chi connectivity index (χ3n) is 3.35. The highest BCUT2D eigenvalue weighted by molar-refractivity contribution is 5.83. The summed E-state index contributed by atoms with van der Waals surface area (Å²) >= 11 is 0. The van der Waals surface area contributed by atoms with Crippen LogP contribution in [0.3, 0.4) is 0 Å². The van der Waals surface area contributed by atoms with Crippen molar-refractivity contribution in [1.82, 2.24) is 4.90 Å². The lowest BCUT2D eigenvalue weighted by atomic mass is 10.1. The van der Waals surface area contributed by atoms with E-state index in [4.69, 9.17) is 10.5 Å². The van der Waals surface area contributed by atoms with Crippen LogP contribution in [0.5, 0.6) is 5.75 Å². The molecule has 1 saturated heterocycles. The highest BCUT2D eigenvalue weighted by Gasteiger charge is 2.31. The van der Waals surface area contributed by atoms with Gasteiger partial charge >= 0.3 is 0 Å². The molecule has 0 radical (unpaired) electrons. The predicted octanol–water partition coefficient (Wildman–Crippen LogP) is 1.11. The number of carbonyl (C=O) groups is 1. The summed E-state index contributed by atoms with van der Waals surface area (Å²) in [4.78, 5) is 13.6. The number of carbonyl (C=O) groups excluding carboxylic acids is 1. The van der Waals surface area contributed by atoms with E-state index in [1.807, 2.05) is 32.2 Å². The number of nitrogens with zero attached hydrogens (tertiary/aromatic N) is 1. The Hall–Kier alpha value is -1.55. The van der Waals surface area contributed by atoms with Gasteiger partial charge in [-0.1, -0.05) is 18.2 Å². The van der Waals surface area contributed by atoms with E-state index in [1.165, 1.54) is 0 Å². The molecule has 1 aromatic carbocycles. The second kappa shape index (κ2) is 5.40. The van der Waals surface area contributed by atoms with Crippen molar-refractivity contribution in [1.29, 1.82) is 0 Å². The predicted molar refractivity (Wildman–Crippen MR) is 70.6 cm³/mol. The average Bonchev–Trinajstić information content (AvgIpc) is 2.65. The molecule has 1 amide bonds. The Morgan fingerprint density at radius 3 is 2.89 bits per heavy atom. The van der Waals surface area contributed by atoms with Crippen LogP contribution in [0.2, 0.25) is 0 Å². The SMILES string of the molecule is Cc1cccc(CCN)c1OC1CCN(C)C1=O. The summed E-state index contributed by atoms with van der Waals surface area (Å²) in [5, 5.41) is 0. The zero-order valence-electron chi connectivity index (χ0n) is 11.0. The molecule has 98 valence electrons. The fraction of sp³-hybridized carbons (Fsp3) is 0.500. The minimum atomic E-state index is -0.340. The lowest BCUT2D eigenvalue weighted by Gasteiger charge is -2.18. The van der Waals surface area contributed by atoms with E-state index in [0.717, 1.165) is 36.3 Å². The first-order valence-corrected chi connectivity index (χ1v) is 6.33. The molecule has 0 aliphatic carbocycles. The molecule has 1 aliphatic heterocycles. The number of nitrogens with two attached hydrogens (primary N) is 1. The van der Waals surface area contributed by atoms with Crippen molar-refractivity contribution in [2.75, 3.05) is 20.1 Å². The van der Waals surface area contributed by atoms with Crippen LogP contribution in [0.25, 0.3) is 0 Å². The number of para-hydroxylation sites is 1. The molecule has 1 fully saturated rings. The van der Waals surface area contributed by atoms with Crippen LogP contribution >= 0.6 is 0 Å². The normalized spacial score (nSPS) is 19.4. The van der Waals surface area contributed by atoms with Crippen molar-refractivity contribution in [3.8, 4) is 5.75 Å². The standard InChI is InChI=1S/C14H20N2O2/c1-10-4-3-5-11(6-8-15)13(10)18-12-7-9-16(2)14(12)17/h3-5,12H,6-9,15H2,1-2H3. The van der Waals surface area contributed by atoms with E-state index < -0.39 is 0 Å². The number of aryl methyl sites for hydroxylation is 1.